The van der Waals surface area contributed by atoms with E-state index in [4.69, 9.17) is 9.84 Å². The molecule has 0 saturated heterocycles. The Balaban J connectivity index is 2.25. The number of amides is 1. The number of thiophene rings is 1. The molecular weight excluding hydrogens is 330 g/mol. The zero-order valence-corrected chi connectivity index (χ0v) is 14.8. The van der Waals surface area contributed by atoms with Gasteiger partial charge in [0.25, 0.3) is 0 Å². The molecule has 0 spiro atoms. The summed E-state index contributed by atoms with van der Waals surface area (Å²) >= 11 is 1.42. The number of carboxylic acids is 1. The van der Waals surface area contributed by atoms with Crippen LogP contribution in [0.2, 0.25) is 0 Å². The van der Waals surface area contributed by atoms with Crippen LogP contribution < -0.4 is 5.32 Å². The van der Waals surface area contributed by atoms with Crippen LogP contribution in [0, 0.1) is 5.92 Å². The molecule has 1 atom stereocenters. The van der Waals surface area contributed by atoms with Gasteiger partial charge in [-0.25, -0.2) is 4.79 Å². The summed E-state index contributed by atoms with van der Waals surface area (Å²) in [4.78, 5) is 36.0. The minimum Gasteiger partial charge on any atom is -0.481 e. The van der Waals surface area contributed by atoms with Gasteiger partial charge in [0.2, 0.25) is 5.91 Å². The molecule has 1 amide bonds. The second kappa shape index (κ2) is 8.28. The highest BCUT2D eigenvalue weighted by atomic mass is 32.1. The highest BCUT2D eigenvalue weighted by molar-refractivity contribution is 7.17. The van der Waals surface area contributed by atoms with Gasteiger partial charge in [-0.15, -0.1) is 11.3 Å². The van der Waals surface area contributed by atoms with Gasteiger partial charge in [0.05, 0.1) is 18.6 Å². The first kappa shape index (κ1) is 18.4. The second-order valence-electron chi connectivity index (χ2n) is 5.89. The Morgan fingerprint density at radius 1 is 1.29 bits per heavy atom. The number of hydrogen-bond acceptors (Lipinski definition) is 5. The van der Waals surface area contributed by atoms with Crippen LogP contribution in [0.25, 0.3) is 0 Å². The molecule has 1 aliphatic rings. The molecule has 1 aromatic heterocycles. The van der Waals surface area contributed by atoms with E-state index in [9.17, 15) is 14.4 Å². The van der Waals surface area contributed by atoms with Crippen molar-refractivity contribution in [1.29, 1.82) is 0 Å². The lowest BCUT2D eigenvalue weighted by molar-refractivity contribution is -0.138. The SMILES string of the molecule is CCOC(=O)c1c(NC(=O)CCC(=O)O)sc2c1CC[C@@H](CC)C2. The maximum Gasteiger partial charge on any atom is 0.341 e. The van der Waals surface area contributed by atoms with E-state index in [1.54, 1.807) is 6.92 Å². The molecule has 0 radical (unpaired) electrons. The van der Waals surface area contributed by atoms with Gasteiger partial charge < -0.3 is 15.2 Å². The topological polar surface area (TPSA) is 92.7 Å². The van der Waals surface area contributed by atoms with Crippen molar-refractivity contribution in [2.45, 2.75) is 52.4 Å². The van der Waals surface area contributed by atoms with Crippen molar-refractivity contribution in [2.24, 2.45) is 5.92 Å². The number of nitrogens with one attached hydrogen (secondary N) is 1. The van der Waals surface area contributed by atoms with Crippen LogP contribution in [0.5, 0.6) is 0 Å². The number of fused-ring (bicyclic) bond motifs is 1. The molecule has 1 aromatic rings. The number of aliphatic carboxylic acids is 1. The lowest BCUT2D eigenvalue weighted by atomic mass is 9.85. The summed E-state index contributed by atoms with van der Waals surface area (Å²) in [6, 6.07) is 0. The molecule has 2 N–H and O–H groups in total. The lowest BCUT2D eigenvalue weighted by Gasteiger charge is -2.20. The Labute approximate surface area is 145 Å². The van der Waals surface area contributed by atoms with E-state index in [0.717, 1.165) is 36.1 Å². The van der Waals surface area contributed by atoms with E-state index < -0.39 is 17.8 Å². The molecule has 24 heavy (non-hydrogen) atoms. The molecule has 132 valence electrons. The monoisotopic (exact) mass is 353 g/mol. The van der Waals surface area contributed by atoms with Gasteiger partial charge >= 0.3 is 11.9 Å². The first-order chi connectivity index (χ1) is 11.5. The Bertz CT molecular complexity index is 637. The molecule has 1 aliphatic carbocycles. The first-order valence-electron chi connectivity index (χ1n) is 8.29. The Morgan fingerprint density at radius 3 is 2.67 bits per heavy atom. The third-order valence-corrected chi connectivity index (χ3v) is 5.41. The third kappa shape index (κ3) is 4.35. The molecule has 0 saturated carbocycles. The molecule has 1 heterocycles. The molecule has 0 bridgehead atoms. The summed E-state index contributed by atoms with van der Waals surface area (Å²) in [5, 5.41) is 11.9. The average molecular weight is 353 g/mol. The first-order valence-corrected chi connectivity index (χ1v) is 9.11. The number of rotatable bonds is 7. The van der Waals surface area contributed by atoms with Crippen molar-refractivity contribution in [3.05, 3.63) is 16.0 Å². The third-order valence-electron chi connectivity index (χ3n) is 4.24. The van der Waals surface area contributed by atoms with Crippen LogP contribution in [0.15, 0.2) is 0 Å². The van der Waals surface area contributed by atoms with Crippen LogP contribution in [0.3, 0.4) is 0 Å². The van der Waals surface area contributed by atoms with Gasteiger partial charge in [-0.2, -0.15) is 0 Å². The largest absolute Gasteiger partial charge is 0.481 e. The van der Waals surface area contributed by atoms with Crippen LogP contribution >= 0.6 is 11.3 Å². The standard InChI is InChI=1S/C17H23NO5S/c1-3-10-5-6-11-12(9-10)24-16(15(11)17(22)23-4-2)18-13(19)7-8-14(20)21/h10H,3-9H2,1-2H3,(H,18,19)(H,20,21)/t10-/m1/s1. The average Bonchev–Trinajstić information content (AvgIpc) is 2.89. The summed E-state index contributed by atoms with van der Waals surface area (Å²) in [5.74, 6) is -1.24. The predicted octanol–water partition coefficient (Wildman–Crippen LogP) is 3.24. The number of esters is 1. The fourth-order valence-corrected chi connectivity index (χ4v) is 4.29. The smallest absolute Gasteiger partial charge is 0.341 e. The molecule has 0 fully saturated rings. The Morgan fingerprint density at radius 2 is 2.04 bits per heavy atom. The van der Waals surface area contributed by atoms with Crippen molar-refractivity contribution >= 4 is 34.2 Å². The summed E-state index contributed by atoms with van der Waals surface area (Å²) in [7, 11) is 0. The normalized spacial score (nSPS) is 16.3. The predicted molar refractivity (Wildman–Crippen MR) is 91.6 cm³/mol. The molecule has 0 aromatic carbocycles. The highest BCUT2D eigenvalue weighted by Gasteiger charge is 2.29. The number of carbonyl (C=O) groups is 3. The van der Waals surface area contributed by atoms with Crippen molar-refractivity contribution < 1.29 is 24.2 Å². The fourth-order valence-electron chi connectivity index (χ4n) is 2.92. The van der Waals surface area contributed by atoms with E-state index in [1.165, 1.54) is 11.3 Å². The fraction of sp³-hybridized carbons (Fsp3) is 0.588. The van der Waals surface area contributed by atoms with Gasteiger partial charge in [0.1, 0.15) is 5.00 Å². The molecular formula is C17H23NO5S. The van der Waals surface area contributed by atoms with Crippen LogP contribution in [-0.2, 0) is 27.2 Å². The summed E-state index contributed by atoms with van der Waals surface area (Å²) < 4.78 is 5.15. The van der Waals surface area contributed by atoms with Crippen LogP contribution in [0.1, 0.15) is 60.3 Å². The van der Waals surface area contributed by atoms with E-state index >= 15 is 0 Å². The Kier molecular flexibility index (Phi) is 6.36. The van der Waals surface area contributed by atoms with Crippen molar-refractivity contribution in [2.75, 3.05) is 11.9 Å². The quantitative estimate of drug-likeness (QED) is 0.734. The zero-order valence-electron chi connectivity index (χ0n) is 14.0. The molecule has 0 unspecified atom stereocenters. The van der Waals surface area contributed by atoms with E-state index in [0.29, 0.717) is 16.5 Å². The summed E-state index contributed by atoms with van der Waals surface area (Å²) in [5.41, 5.74) is 1.44. The van der Waals surface area contributed by atoms with Crippen LogP contribution in [0.4, 0.5) is 5.00 Å². The lowest BCUT2D eigenvalue weighted by Crippen LogP contribution is -2.17. The van der Waals surface area contributed by atoms with Crippen molar-refractivity contribution in [3.8, 4) is 0 Å². The number of anilines is 1. The van der Waals surface area contributed by atoms with Gasteiger partial charge in [0, 0.05) is 11.3 Å². The summed E-state index contributed by atoms with van der Waals surface area (Å²) in [6.07, 6.45) is 3.49. The summed E-state index contributed by atoms with van der Waals surface area (Å²) in [6.45, 7) is 4.17. The van der Waals surface area contributed by atoms with E-state index in [1.807, 2.05) is 0 Å². The Hall–Kier alpha value is -1.89. The number of carbonyl (C=O) groups excluding carboxylic acids is 2. The molecule has 2 rings (SSSR count). The van der Waals surface area contributed by atoms with Crippen LogP contribution in [-0.4, -0.2) is 29.6 Å². The minimum atomic E-state index is -1.02. The molecule has 7 heteroatoms. The van der Waals surface area contributed by atoms with E-state index in [2.05, 4.69) is 12.2 Å². The van der Waals surface area contributed by atoms with Gasteiger partial charge in [-0.3, -0.25) is 9.59 Å². The number of ether oxygens (including phenoxy) is 1. The minimum absolute atomic E-state index is 0.113. The highest BCUT2D eigenvalue weighted by Crippen LogP contribution is 2.40. The number of carboxylic acid groups (broad SMARTS) is 1. The van der Waals surface area contributed by atoms with Gasteiger partial charge in [0.15, 0.2) is 0 Å². The van der Waals surface area contributed by atoms with Gasteiger partial charge in [-0.05, 0) is 37.7 Å². The zero-order chi connectivity index (χ0) is 17.7. The van der Waals surface area contributed by atoms with Crippen molar-refractivity contribution in [1.82, 2.24) is 0 Å². The number of hydrogen-bond donors (Lipinski definition) is 2. The van der Waals surface area contributed by atoms with Gasteiger partial charge in [-0.1, -0.05) is 13.3 Å². The maximum absolute atomic E-state index is 12.3. The van der Waals surface area contributed by atoms with E-state index in [-0.39, 0.29) is 19.4 Å². The maximum atomic E-state index is 12.3. The molecule has 6 nitrogen and oxygen atoms in total. The second-order valence-corrected chi connectivity index (χ2v) is 6.99. The molecule has 0 aliphatic heterocycles. The van der Waals surface area contributed by atoms with Crippen molar-refractivity contribution in [3.63, 3.8) is 0 Å².